The zero-order valence-electron chi connectivity index (χ0n) is 11.8. The highest BCUT2D eigenvalue weighted by atomic mass is 19.1. The van der Waals surface area contributed by atoms with Crippen LogP contribution in [-0.4, -0.2) is 19.5 Å². The van der Waals surface area contributed by atoms with Crippen LogP contribution < -0.4 is 16.4 Å². The van der Waals surface area contributed by atoms with Crippen LogP contribution in [0.25, 0.3) is 0 Å². The fourth-order valence-corrected chi connectivity index (χ4v) is 2.07. The molecule has 0 fully saturated rings. The van der Waals surface area contributed by atoms with Crippen LogP contribution in [0.15, 0.2) is 42.5 Å². The van der Waals surface area contributed by atoms with Crippen molar-refractivity contribution in [3.63, 3.8) is 0 Å². The van der Waals surface area contributed by atoms with E-state index < -0.39 is 0 Å². The van der Waals surface area contributed by atoms with Gasteiger partial charge in [0.2, 0.25) is 0 Å². The summed E-state index contributed by atoms with van der Waals surface area (Å²) < 4.78 is 13.5. The summed E-state index contributed by atoms with van der Waals surface area (Å²) in [4.78, 5) is 11.8. The third-order valence-corrected chi connectivity index (χ3v) is 3.18. The maximum absolute atomic E-state index is 13.5. The number of nitrogens with two attached hydrogens (primary N) is 1. The molecule has 2 aromatic carbocycles. The number of nitrogens with one attached hydrogen (secondary N) is 2. The number of anilines is 2. The molecule has 1 amide bonds. The Morgan fingerprint density at radius 2 is 2.00 bits per heavy atom. The molecule has 0 aliphatic rings. The molecule has 0 aliphatic heterocycles. The van der Waals surface area contributed by atoms with Crippen LogP contribution in [0.5, 0.6) is 0 Å². The summed E-state index contributed by atoms with van der Waals surface area (Å²) in [6.07, 6.45) is 0.522. The minimum absolute atomic E-state index is 0.191. The van der Waals surface area contributed by atoms with E-state index in [1.807, 2.05) is 0 Å². The first-order valence-electron chi connectivity index (χ1n) is 6.70. The molecule has 110 valence electrons. The summed E-state index contributed by atoms with van der Waals surface area (Å²) in [6.45, 7) is 0.508. The van der Waals surface area contributed by atoms with E-state index in [0.717, 1.165) is 0 Å². The van der Waals surface area contributed by atoms with E-state index in [4.69, 9.17) is 5.73 Å². The Kier molecular flexibility index (Phi) is 4.77. The van der Waals surface area contributed by atoms with Gasteiger partial charge in [0.15, 0.2) is 0 Å². The third kappa shape index (κ3) is 3.72. The van der Waals surface area contributed by atoms with E-state index in [1.165, 1.54) is 6.07 Å². The fourth-order valence-electron chi connectivity index (χ4n) is 2.07. The Labute approximate surface area is 123 Å². The van der Waals surface area contributed by atoms with Gasteiger partial charge in [0.1, 0.15) is 5.82 Å². The van der Waals surface area contributed by atoms with Gasteiger partial charge in [0.25, 0.3) is 5.91 Å². The van der Waals surface area contributed by atoms with Gasteiger partial charge in [0.05, 0.1) is 5.56 Å². The molecule has 4 nitrogen and oxygen atoms in total. The number of benzene rings is 2. The van der Waals surface area contributed by atoms with Crippen molar-refractivity contribution < 1.29 is 9.18 Å². The lowest BCUT2D eigenvalue weighted by Crippen LogP contribution is -2.20. The standard InChI is InChI=1S/C16H18FN3O/c1-19-16(21)13-7-6-12(18)10-15(13)20-9-8-11-4-2-3-5-14(11)17/h2-7,10,20H,8-9,18H2,1H3,(H,19,21). The van der Waals surface area contributed by atoms with Crippen LogP contribution in [0.4, 0.5) is 15.8 Å². The van der Waals surface area contributed by atoms with Crippen LogP contribution in [0, 0.1) is 5.82 Å². The van der Waals surface area contributed by atoms with E-state index in [-0.39, 0.29) is 11.7 Å². The number of carbonyl (C=O) groups is 1. The quantitative estimate of drug-likeness (QED) is 0.740. The zero-order valence-corrected chi connectivity index (χ0v) is 11.8. The van der Waals surface area contributed by atoms with Gasteiger partial charge in [-0.25, -0.2) is 4.39 Å². The molecule has 0 aromatic heterocycles. The molecule has 0 saturated heterocycles. The summed E-state index contributed by atoms with van der Waals surface area (Å²) >= 11 is 0. The van der Waals surface area contributed by atoms with Crippen LogP contribution in [0.3, 0.4) is 0 Å². The lowest BCUT2D eigenvalue weighted by atomic mass is 10.1. The molecular weight excluding hydrogens is 269 g/mol. The van der Waals surface area contributed by atoms with Crippen molar-refractivity contribution in [1.82, 2.24) is 5.32 Å². The van der Waals surface area contributed by atoms with E-state index in [9.17, 15) is 9.18 Å². The van der Waals surface area contributed by atoms with Crippen molar-refractivity contribution in [2.75, 3.05) is 24.6 Å². The van der Waals surface area contributed by atoms with Crippen molar-refractivity contribution in [2.24, 2.45) is 0 Å². The van der Waals surface area contributed by atoms with Crippen LogP contribution in [0.2, 0.25) is 0 Å². The van der Waals surface area contributed by atoms with Crippen molar-refractivity contribution in [3.8, 4) is 0 Å². The first-order chi connectivity index (χ1) is 10.1. The molecule has 0 radical (unpaired) electrons. The van der Waals surface area contributed by atoms with Gasteiger partial charge in [0, 0.05) is 25.0 Å². The predicted molar refractivity (Wildman–Crippen MR) is 82.8 cm³/mol. The fraction of sp³-hybridized carbons (Fsp3) is 0.188. The van der Waals surface area contributed by atoms with Gasteiger partial charge in [-0.15, -0.1) is 0 Å². The smallest absolute Gasteiger partial charge is 0.253 e. The second-order valence-electron chi connectivity index (χ2n) is 4.65. The molecule has 2 aromatic rings. The summed E-state index contributed by atoms with van der Waals surface area (Å²) in [6, 6.07) is 11.7. The van der Waals surface area contributed by atoms with Crippen molar-refractivity contribution in [1.29, 1.82) is 0 Å². The summed E-state index contributed by atoms with van der Waals surface area (Å²) in [7, 11) is 1.57. The molecule has 21 heavy (non-hydrogen) atoms. The summed E-state index contributed by atoms with van der Waals surface area (Å²) in [5.74, 6) is -0.415. The lowest BCUT2D eigenvalue weighted by Gasteiger charge is -2.12. The van der Waals surface area contributed by atoms with Crippen LogP contribution >= 0.6 is 0 Å². The largest absolute Gasteiger partial charge is 0.399 e. The van der Waals surface area contributed by atoms with Gasteiger partial charge in [-0.3, -0.25) is 4.79 Å². The first-order valence-corrected chi connectivity index (χ1v) is 6.70. The van der Waals surface area contributed by atoms with Crippen molar-refractivity contribution in [3.05, 3.63) is 59.4 Å². The van der Waals surface area contributed by atoms with Crippen molar-refractivity contribution in [2.45, 2.75) is 6.42 Å². The molecular formula is C16H18FN3O. The SMILES string of the molecule is CNC(=O)c1ccc(N)cc1NCCc1ccccc1F. The Morgan fingerprint density at radius 1 is 1.24 bits per heavy atom. The predicted octanol–water partition coefficient (Wildman–Crippen LogP) is 2.42. The van der Waals surface area contributed by atoms with Crippen molar-refractivity contribution >= 4 is 17.3 Å². The third-order valence-electron chi connectivity index (χ3n) is 3.18. The number of carbonyl (C=O) groups excluding carboxylic acids is 1. The molecule has 0 unspecified atom stereocenters. The number of hydrogen-bond acceptors (Lipinski definition) is 3. The first kappa shape index (κ1) is 14.8. The molecule has 0 bridgehead atoms. The monoisotopic (exact) mass is 287 g/mol. The number of amides is 1. The minimum Gasteiger partial charge on any atom is -0.399 e. The Bertz CT molecular complexity index is 643. The Morgan fingerprint density at radius 3 is 2.71 bits per heavy atom. The molecule has 0 atom stereocenters. The summed E-state index contributed by atoms with van der Waals surface area (Å²) in [5.41, 5.74) is 8.10. The average Bonchev–Trinajstić information content (AvgIpc) is 2.48. The second-order valence-corrected chi connectivity index (χ2v) is 4.65. The topological polar surface area (TPSA) is 67.2 Å². The van der Waals surface area contributed by atoms with Gasteiger partial charge in [-0.1, -0.05) is 18.2 Å². The number of halogens is 1. The van der Waals surface area contributed by atoms with E-state index in [0.29, 0.717) is 35.5 Å². The molecule has 0 heterocycles. The van der Waals surface area contributed by atoms with Crippen LogP contribution in [0.1, 0.15) is 15.9 Å². The number of hydrogen-bond donors (Lipinski definition) is 3. The van der Waals surface area contributed by atoms with Gasteiger partial charge >= 0.3 is 0 Å². The number of nitrogen functional groups attached to an aromatic ring is 1. The minimum atomic E-state index is -0.224. The van der Waals surface area contributed by atoms with E-state index in [1.54, 1.807) is 43.4 Å². The Hall–Kier alpha value is -2.56. The highest BCUT2D eigenvalue weighted by Crippen LogP contribution is 2.19. The second kappa shape index (κ2) is 6.74. The lowest BCUT2D eigenvalue weighted by molar-refractivity contribution is 0.0964. The maximum Gasteiger partial charge on any atom is 0.253 e. The maximum atomic E-state index is 13.5. The summed E-state index contributed by atoms with van der Waals surface area (Å²) in [5, 5.41) is 5.72. The zero-order chi connectivity index (χ0) is 15.2. The van der Waals surface area contributed by atoms with Gasteiger partial charge < -0.3 is 16.4 Å². The molecule has 0 saturated carbocycles. The Balaban J connectivity index is 2.08. The molecule has 5 heteroatoms. The number of rotatable bonds is 5. The van der Waals surface area contributed by atoms with Crippen LogP contribution in [-0.2, 0) is 6.42 Å². The average molecular weight is 287 g/mol. The van der Waals surface area contributed by atoms with E-state index >= 15 is 0 Å². The van der Waals surface area contributed by atoms with Gasteiger partial charge in [-0.05, 0) is 36.2 Å². The van der Waals surface area contributed by atoms with E-state index in [2.05, 4.69) is 10.6 Å². The molecule has 4 N–H and O–H groups in total. The normalized spacial score (nSPS) is 10.2. The molecule has 2 rings (SSSR count). The highest BCUT2D eigenvalue weighted by Gasteiger charge is 2.10. The van der Waals surface area contributed by atoms with Gasteiger partial charge in [-0.2, -0.15) is 0 Å². The molecule has 0 aliphatic carbocycles. The highest BCUT2D eigenvalue weighted by molar-refractivity contribution is 6.00. The molecule has 0 spiro atoms.